The summed E-state index contributed by atoms with van der Waals surface area (Å²) in [6.07, 6.45) is 1.01. The number of nitriles is 1. The first kappa shape index (κ1) is 11.1. The first-order valence-electron chi connectivity index (χ1n) is 6.13. The van der Waals surface area contributed by atoms with Crippen molar-refractivity contribution in [3.8, 4) is 11.8 Å². The summed E-state index contributed by atoms with van der Waals surface area (Å²) in [5, 5.41) is 13.2. The normalized spacial score (nSPS) is 15.3. The molecular formula is C14H14N2O2. The first-order valence-corrected chi connectivity index (χ1v) is 6.13. The van der Waals surface area contributed by atoms with Crippen molar-refractivity contribution in [2.45, 2.75) is 6.42 Å². The average Bonchev–Trinajstić information content (AvgIpc) is 2.70. The third kappa shape index (κ3) is 1.93. The molecule has 4 nitrogen and oxygen atoms in total. The van der Waals surface area contributed by atoms with Gasteiger partial charge in [-0.1, -0.05) is 12.1 Å². The van der Waals surface area contributed by atoms with Crippen LogP contribution in [0.5, 0.6) is 5.75 Å². The van der Waals surface area contributed by atoms with Crippen molar-refractivity contribution >= 4 is 11.0 Å². The maximum atomic E-state index is 9.05. The van der Waals surface area contributed by atoms with Gasteiger partial charge in [-0.05, 0) is 37.6 Å². The van der Waals surface area contributed by atoms with E-state index in [0.29, 0.717) is 23.9 Å². The molecule has 1 N–H and O–H groups in total. The summed E-state index contributed by atoms with van der Waals surface area (Å²) in [5.74, 6) is 1.55. The number of nitrogens with zero attached hydrogens (tertiary/aromatic N) is 1. The van der Waals surface area contributed by atoms with Crippen LogP contribution in [0.15, 0.2) is 28.7 Å². The van der Waals surface area contributed by atoms with E-state index in [1.165, 1.54) is 0 Å². The summed E-state index contributed by atoms with van der Waals surface area (Å²) in [6, 6.07) is 9.61. The Morgan fingerprint density at radius 2 is 2.22 bits per heavy atom. The van der Waals surface area contributed by atoms with E-state index in [-0.39, 0.29) is 5.76 Å². The lowest BCUT2D eigenvalue weighted by Gasteiger charge is -2.26. The van der Waals surface area contributed by atoms with Crippen LogP contribution in [0, 0.1) is 17.2 Å². The molecule has 4 heteroatoms. The minimum Gasteiger partial charge on any atom is -0.488 e. The molecule has 92 valence electrons. The third-order valence-electron chi connectivity index (χ3n) is 3.29. The van der Waals surface area contributed by atoms with Crippen LogP contribution < -0.4 is 10.1 Å². The molecule has 0 radical (unpaired) electrons. The zero-order valence-electron chi connectivity index (χ0n) is 9.98. The highest BCUT2D eigenvalue weighted by atomic mass is 16.5. The molecule has 0 atom stereocenters. The minimum absolute atomic E-state index is 0.267. The van der Waals surface area contributed by atoms with Crippen LogP contribution in [0.2, 0.25) is 0 Å². The smallest absolute Gasteiger partial charge is 0.246 e. The Morgan fingerprint density at radius 1 is 1.39 bits per heavy atom. The van der Waals surface area contributed by atoms with Crippen molar-refractivity contribution in [2.75, 3.05) is 19.7 Å². The standard InChI is InChI=1S/C14H14N2O2/c15-7-13-14(17-6-5-10-8-16-9-10)11-3-1-2-4-12(11)18-13/h1-4,10,16H,5-6,8-9H2. The second-order valence-electron chi connectivity index (χ2n) is 4.53. The van der Waals surface area contributed by atoms with Crippen LogP contribution in [-0.2, 0) is 0 Å². The lowest BCUT2D eigenvalue weighted by atomic mass is 10.0. The van der Waals surface area contributed by atoms with E-state index in [9.17, 15) is 0 Å². The van der Waals surface area contributed by atoms with Crippen molar-refractivity contribution in [1.29, 1.82) is 5.26 Å². The van der Waals surface area contributed by atoms with Crippen molar-refractivity contribution in [2.24, 2.45) is 5.92 Å². The van der Waals surface area contributed by atoms with Gasteiger partial charge in [-0.3, -0.25) is 0 Å². The Hall–Kier alpha value is -1.99. The molecule has 0 spiro atoms. The number of hydrogen-bond donors (Lipinski definition) is 1. The summed E-state index contributed by atoms with van der Waals surface area (Å²) >= 11 is 0. The van der Waals surface area contributed by atoms with Crippen molar-refractivity contribution in [1.82, 2.24) is 5.32 Å². The van der Waals surface area contributed by atoms with Gasteiger partial charge in [0.15, 0.2) is 5.75 Å². The number of fused-ring (bicyclic) bond motifs is 1. The zero-order chi connectivity index (χ0) is 12.4. The molecule has 2 aromatic rings. The number of para-hydroxylation sites is 1. The van der Waals surface area contributed by atoms with E-state index in [1.807, 2.05) is 30.3 Å². The fraction of sp³-hybridized carbons (Fsp3) is 0.357. The molecule has 1 aromatic carbocycles. The molecule has 18 heavy (non-hydrogen) atoms. The van der Waals surface area contributed by atoms with Gasteiger partial charge in [-0.15, -0.1) is 0 Å². The molecular weight excluding hydrogens is 228 g/mol. The summed E-state index contributed by atoms with van der Waals surface area (Å²) in [5.41, 5.74) is 0.703. The first-order chi connectivity index (χ1) is 8.88. The van der Waals surface area contributed by atoms with Gasteiger partial charge < -0.3 is 14.5 Å². The molecule has 1 fully saturated rings. The van der Waals surface area contributed by atoms with Gasteiger partial charge >= 0.3 is 0 Å². The van der Waals surface area contributed by atoms with Gasteiger partial charge in [0.1, 0.15) is 11.7 Å². The second kappa shape index (κ2) is 4.71. The lowest BCUT2D eigenvalue weighted by molar-refractivity contribution is 0.238. The van der Waals surface area contributed by atoms with E-state index >= 15 is 0 Å². The van der Waals surface area contributed by atoms with E-state index in [0.717, 1.165) is 24.9 Å². The SMILES string of the molecule is N#Cc1oc2ccccc2c1OCCC1CNC1. The maximum Gasteiger partial charge on any atom is 0.246 e. The molecule has 0 aliphatic carbocycles. The topological polar surface area (TPSA) is 58.2 Å². The van der Waals surface area contributed by atoms with E-state index < -0.39 is 0 Å². The molecule has 3 rings (SSSR count). The number of hydrogen-bond acceptors (Lipinski definition) is 4. The molecule has 1 aliphatic rings. The Morgan fingerprint density at radius 3 is 2.94 bits per heavy atom. The van der Waals surface area contributed by atoms with Crippen molar-refractivity contribution < 1.29 is 9.15 Å². The number of benzene rings is 1. The Balaban J connectivity index is 1.78. The lowest BCUT2D eigenvalue weighted by Crippen LogP contribution is -2.42. The van der Waals surface area contributed by atoms with Gasteiger partial charge in [0, 0.05) is 0 Å². The fourth-order valence-corrected chi connectivity index (χ4v) is 2.12. The van der Waals surface area contributed by atoms with Crippen LogP contribution in [0.4, 0.5) is 0 Å². The monoisotopic (exact) mass is 242 g/mol. The van der Waals surface area contributed by atoms with Gasteiger partial charge in [0.2, 0.25) is 5.76 Å². The number of furan rings is 1. The van der Waals surface area contributed by atoms with Crippen molar-refractivity contribution in [3.05, 3.63) is 30.0 Å². The molecule has 0 amide bonds. The highest BCUT2D eigenvalue weighted by Gasteiger charge is 2.18. The maximum absolute atomic E-state index is 9.05. The molecule has 1 saturated heterocycles. The zero-order valence-corrected chi connectivity index (χ0v) is 9.98. The van der Waals surface area contributed by atoms with Crippen molar-refractivity contribution in [3.63, 3.8) is 0 Å². The molecule has 1 aliphatic heterocycles. The van der Waals surface area contributed by atoms with Crippen LogP contribution >= 0.6 is 0 Å². The Labute approximate surface area is 105 Å². The highest BCUT2D eigenvalue weighted by Crippen LogP contribution is 2.32. The van der Waals surface area contributed by atoms with Gasteiger partial charge in [-0.2, -0.15) is 5.26 Å². The van der Waals surface area contributed by atoms with Gasteiger partial charge in [0.25, 0.3) is 0 Å². The van der Waals surface area contributed by atoms with Crippen LogP contribution in [-0.4, -0.2) is 19.7 Å². The predicted molar refractivity (Wildman–Crippen MR) is 67.4 cm³/mol. The van der Waals surface area contributed by atoms with Crippen LogP contribution in [0.1, 0.15) is 12.2 Å². The number of rotatable bonds is 4. The molecule has 0 unspecified atom stereocenters. The van der Waals surface area contributed by atoms with Gasteiger partial charge in [-0.25, -0.2) is 0 Å². The molecule has 0 bridgehead atoms. The van der Waals surface area contributed by atoms with E-state index in [2.05, 4.69) is 5.32 Å². The Kier molecular flexibility index (Phi) is 2.91. The quantitative estimate of drug-likeness (QED) is 0.893. The molecule has 1 aromatic heterocycles. The predicted octanol–water partition coefficient (Wildman–Crippen LogP) is 2.29. The minimum atomic E-state index is 0.267. The second-order valence-corrected chi connectivity index (χ2v) is 4.53. The molecule has 0 saturated carbocycles. The number of ether oxygens (including phenoxy) is 1. The highest BCUT2D eigenvalue weighted by molar-refractivity contribution is 5.86. The van der Waals surface area contributed by atoms with Gasteiger partial charge in [0.05, 0.1) is 12.0 Å². The summed E-state index contributed by atoms with van der Waals surface area (Å²) < 4.78 is 11.2. The van der Waals surface area contributed by atoms with Crippen LogP contribution in [0.3, 0.4) is 0 Å². The van der Waals surface area contributed by atoms with E-state index in [4.69, 9.17) is 14.4 Å². The largest absolute Gasteiger partial charge is 0.488 e. The number of nitrogens with one attached hydrogen (secondary N) is 1. The van der Waals surface area contributed by atoms with Crippen LogP contribution in [0.25, 0.3) is 11.0 Å². The fourth-order valence-electron chi connectivity index (χ4n) is 2.12. The molecule has 2 heterocycles. The third-order valence-corrected chi connectivity index (χ3v) is 3.29. The summed E-state index contributed by atoms with van der Waals surface area (Å²) in [6.45, 7) is 2.77. The average molecular weight is 242 g/mol. The summed E-state index contributed by atoms with van der Waals surface area (Å²) in [7, 11) is 0. The Bertz CT molecular complexity index is 593. The summed E-state index contributed by atoms with van der Waals surface area (Å²) in [4.78, 5) is 0. The van der Waals surface area contributed by atoms with E-state index in [1.54, 1.807) is 0 Å².